The van der Waals surface area contributed by atoms with Crippen LogP contribution >= 0.6 is 0 Å². The molecule has 64 valence electrons. The molecule has 0 spiro atoms. The lowest BCUT2D eigenvalue weighted by atomic mass is 10.4. The number of nitriles is 1. The summed E-state index contributed by atoms with van der Waals surface area (Å²) in [5, 5.41) is 8.25. The second-order valence-corrected chi connectivity index (χ2v) is 2.10. The molecule has 0 saturated carbocycles. The van der Waals surface area contributed by atoms with Crippen LogP contribution in [-0.2, 0) is 6.30 Å². The van der Waals surface area contributed by atoms with Crippen LogP contribution in [0.2, 0.25) is 0 Å². The van der Waals surface area contributed by atoms with Gasteiger partial charge in [-0.05, 0) is 6.07 Å². The van der Waals surface area contributed by atoms with E-state index in [0.29, 0.717) is 6.20 Å². The van der Waals surface area contributed by atoms with Crippen molar-refractivity contribution in [2.24, 2.45) is 0 Å². The van der Waals surface area contributed by atoms with Gasteiger partial charge in [0.1, 0.15) is 11.9 Å². The summed E-state index contributed by atoms with van der Waals surface area (Å²) in [4.78, 5) is 0. The van der Waals surface area contributed by atoms with E-state index < -0.39 is 12.1 Å². The van der Waals surface area contributed by atoms with Crippen LogP contribution < -0.4 is 5.73 Å². The van der Waals surface area contributed by atoms with Gasteiger partial charge in [0.15, 0.2) is 0 Å². The molecule has 1 aromatic heterocycles. The molecule has 0 saturated heterocycles. The summed E-state index contributed by atoms with van der Waals surface area (Å²) in [7, 11) is 0. The van der Waals surface area contributed by atoms with E-state index in [-0.39, 0.29) is 10.1 Å². The lowest BCUT2D eigenvalue weighted by Gasteiger charge is -2.08. The molecule has 3 nitrogen and oxygen atoms in total. The number of halogens is 3. The van der Waals surface area contributed by atoms with E-state index in [1.165, 1.54) is 0 Å². The van der Waals surface area contributed by atoms with Gasteiger partial charge in [-0.3, -0.25) is 0 Å². The molecule has 0 amide bonds. The molecule has 0 atom stereocenters. The Bertz CT molecular complexity index is 331. The van der Waals surface area contributed by atoms with Crippen molar-refractivity contribution >= 4 is 5.82 Å². The van der Waals surface area contributed by atoms with E-state index >= 15 is 0 Å². The first kappa shape index (κ1) is 8.46. The fourth-order valence-electron chi connectivity index (χ4n) is 0.760. The first-order valence-electron chi connectivity index (χ1n) is 2.90. The second kappa shape index (κ2) is 2.44. The van der Waals surface area contributed by atoms with Gasteiger partial charge in [-0.1, -0.05) is 0 Å². The summed E-state index contributed by atoms with van der Waals surface area (Å²) in [5.74, 6) is -0.487. The number of hydrogen-bond donors (Lipinski definition) is 1. The molecule has 1 heterocycles. The van der Waals surface area contributed by atoms with Crippen molar-refractivity contribution in [3.8, 4) is 6.07 Å². The minimum atomic E-state index is -4.56. The number of rotatable bonds is 0. The molecule has 0 radical (unpaired) electrons. The van der Waals surface area contributed by atoms with Crippen LogP contribution in [0.3, 0.4) is 0 Å². The van der Waals surface area contributed by atoms with Crippen molar-refractivity contribution in [3.05, 3.63) is 17.8 Å². The number of nitrogens with zero attached hydrogens (tertiary/aromatic N) is 2. The van der Waals surface area contributed by atoms with Crippen molar-refractivity contribution in [2.75, 3.05) is 5.73 Å². The maximum atomic E-state index is 12.0. The van der Waals surface area contributed by atoms with E-state index in [9.17, 15) is 13.2 Å². The predicted octanol–water partition coefficient (Wildman–Crippen LogP) is 1.42. The Morgan fingerprint density at radius 3 is 2.33 bits per heavy atom. The van der Waals surface area contributed by atoms with Gasteiger partial charge < -0.3 is 5.73 Å². The van der Waals surface area contributed by atoms with Crippen LogP contribution in [0, 0.1) is 11.3 Å². The summed E-state index contributed by atoms with van der Waals surface area (Å²) in [6, 6.07) is 2.53. The highest BCUT2D eigenvalue weighted by atomic mass is 19.4. The van der Waals surface area contributed by atoms with Gasteiger partial charge in [-0.15, -0.1) is 13.2 Å². The summed E-state index contributed by atoms with van der Waals surface area (Å²) in [6.45, 7) is 0. The first-order chi connectivity index (χ1) is 5.45. The number of nitrogens with two attached hydrogens (primary N) is 1. The third-order valence-corrected chi connectivity index (χ3v) is 1.25. The Morgan fingerprint density at radius 1 is 1.50 bits per heavy atom. The Labute approximate surface area is 65.8 Å². The highest BCUT2D eigenvalue weighted by molar-refractivity contribution is 5.42. The molecular formula is C6H4F3N3. The molecule has 6 heteroatoms. The number of alkyl halides is 3. The summed E-state index contributed by atoms with van der Waals surface area (Å²) in [6.07, 6.45) is -3.91. The summed E-state index contributed by atoms with van der Waals surface area (Å²) < 4.78 is 35.8. The fourth-order valence-corrected chi connectivity index (χ4v) is 0.760. The molecule has 0 bridgehead atoms. The van der Waals surface area contributed by atoms with Crippen LogP contribution in [0.5, 0.6) is 0 Å². The van der Waals surface area contributed by atoms with Gasteiger partial charge in [0, 0.05) is 6.20 Å². The van der Waals surface area contributed by atoms with Gasteiger partial charge >= 0.3 is 6.30 Å². The molecule has 0 aromatic carbocycles. The Balaban J connectivity index is 3.19. The largest absolute Gasteiger partial charge is 0.490 e. The Morgan fingerprint density at radius 2 is 2.08 bits per heavy atom. The van der Waals surface area contributed by atoms with Crippen molar-refractivity contribution < 1.29 is 13.2 Å². The Kier molecular flexibility index (Phi) is 1.72. The minimum absolute atomic E-state index is 0.106. The molecule has 0 unspecified atom stereocenters. The zero-order valence-corrected chi connectivity index (χ0v) is 5.76. The summed E-state index contributed by atoms with van der Waals surface area (Å²) in [5.41, 5.74) is 4.89. The van der Waals surface area contributed by atoms with Gasteiger partial charge in [-0.2, -0.15) is 5.26 Å². The van der Waals surface area contributed by atoms with E-state index in [0.717, 1.165) is 6.07 Å². The van der Waals surface area contributed by atoms with Crippen molar-refractivity contribution in [3.63, 3.8) is 0 Å². The predicted molar refractivity (Wildman–Crippen MR) is 34.9 cm³/mol. The minimum Gasteiger partial charge on any atom is -0.385 e. The molecule has 2 N–H and O–H groups in total. The van der Waals surface area contributed by atoms with Gasteiger partial charge in [0.25, 0.3) is 0 Å². The van der Waals surface area contributed by atoms with Crippen LogP contribution in [0.25, 0.3) is 0 Å². The number of anilines is 1. The molecule has 0 aliphatic rings. The van der Waals surface area contributed by atoms with Crippen LogP contribution in [0.1, 0.15) is 5.56 Å². The molecule has 0 fully saturated rings. The zero-order chi connectivity index (χ0) is 9.35. The van der Waals surface area contributed by atoms with Crippen molar-refractivity contribution in [1.82, 2.24) is 4.57 Å². The van der Waals surface area contributed by atoms with E-state index in [4.69, 9.17) is 11.0 Å². The molecule has 12 heavy (non-hydrogen) atoms. The third kappa shape index (κ3) is 1.34. The first-order valence-corrected chi connectivity index (χ1v) is 2.90. The van der Waals surface area contributed by atoms with Crippen LogP contribution in [-0.4, -0.2) is 4.57 Å². The van der Waals surface area contributed by atoms with E-state index in [1.54, 1.807) is 6.07 Å². The van der Waals surface area contributed by atoms with Gasteiger partial charge in [-0.25, -0.2) is 4.57 Å². The molecule has 1 aromatic rings. The van der Waals surface area contributed by atoms with E-state index in [1.807, 2.05) is 0 Å². The number of hydrogen-bond acceptors (Lipinski definition) is 2. The second-order valence-electron chi connectivity index (χ2n) is 2.10. The smallest absolute Gasteiger partial charge is 0.385 e. The lowest BCUT2D eigenvalue weighted by molar-refractivity contribution is -0.202. The van der Waals surface area contributed by atoms with Crippen LogP contribution in [0.15, 0.2) is 12.3 Å². The number of aromatic nitrogens is 1. The average Bonchev–Trinajstić information content (AvgIpc) is 2.29. The van der Waals surface area contributed by atoms with E-state index in [2.05, 4.69) is 0 Å². The van der Waals surface area contributed by atoms with Gasteiger partial charge in [0.05, 0.1) is 5.56 Å². The highest BCUT2D eigenvalue weighted by Crippen LogP contribution is 2.26. The average molecular weight is 175 g/mol. The normalized spacial score (nSPS) is 11.2. The maximum absolute atomic E-state index is 12.0. The fraction of sp³-hybridized carbons (Fsp3) is 0.167. The molecule has 0 aliphatic carbocycles. The van der Waals surface area contributed by atoms with Crippen molar-refractivity contribution in [2.45, 2.75) is 6.30 Å². The van der Waals surface area contributed by atoms with Gasteiger partial charge in [0.2, 0.25) is 0 Å². The lowest BCUT2D eigenvalue weighted by Crippen LogP contribution is -2.17. The maximum Gasteiger partial charge on any atom is 0.490 e. The molecule has 1 rings (SSSR count). The topological polar surface area (TPSA) is 54.7 Å². The standard InChI is InChI=1S/C6H4F3N3/c7-6(8,9)12-3-4(2-10)1-5(12)11/h1,3H,11H2. The number of nitrogen functional groups attached to an aromatic ring is 1. The molecule has 0 aliphatic heterocycles. The third-order valence-electron chi connectivity index (χ3n) is 1.25. The summed E-state index contributed by atoms with van der Waals surface area (Å²) >= 11 is 0. The Hall–Kier alpha value is -1.64. The zero-order valence-electron chi connectivity index (χ0n) is 5.76. The van der Waals surface area contributed by atoms with Crippen molar-refractivity contribution in [1.29, 1.82) is 5.26 Å². The monoisotopic (exact) mass is 175 g/mol. The highest BCUT2D eigenvalue weighted by Gasteiger charge is 2.32. The quantitative estimate of drug-likeness (QED) is 0.648. The SMILES string of the molecule is N#Cc1cc(N)n(C(F)(F)F)c1. The molecular weight excluding hydrogens is 171 g/mol. The van der Waals surface area contributed by atoms with Crippen LogP contribution in [0.4, 0.5) is 19.0 Å².